The molecule has 0 aliphatic rings. The second kappa shape index (κ2) is 4.98. The fraction of sp³-hybridized carbons (Fsp3) is 0.0714. The minimum atomic E-state index is -0.350. The first-order valence-corrected chi connectivity index (χ1v) is 5.49. The third kappa shape index (κ3) is 2.55. The molecule has 3 N–H and O–H groups in total. The van der Waals surface area contributed by atoms with Crippen LogP contribution in [0.3, 0.4) is 0 Å². The van der Waals surface area contributed by atoms with Crippen molar-refractivity contribution in [3.05, 3.63) is 59.4 Å². The van der Waals surface area contributed by atoms with Crippen LogP contribution in [0.15, 0.2) is 42.5 Å². The van der Waals surface area contributed by atoms with Crippen LogP contribution < -0.4 is 11.3 Å². The van der Waals surface area contributed by atoms with E-state index in [1.165, 1.54) is 12.1 Å². The van der Waals surface area contributed by atoms with Crippen molar-refractivity contribution in [1.29, 1.82) is 0 Å². The smallest absolute Gasteiger partial charge is 0.265 e. The summed E-state index contributed by atoms with van der Waals surface area (Å²) in [5.74, 6) is 4.42. The lowest BCUT2D eigenvalue weighted by molar-refractivity contribution is 0.0953. The first-order chi connectivity index (χ1) is 8.60. The Kier molecular flexibility index (Phi) is 3.39. The maximum atomic E-state index is 13.3. The van der Waals surface area contributed by atoms with Crippen LogP contribution >= 0.6 is 0 Å². The van der Waals surface area contributed by atoms with Crippen molar-refractivity contribution in [2.45, 2.75) is 6.92 Å². The Labute approximate surface area is 104 Å². The van der Waals surface area contributed by atoms with Crippen LogP contribution in [0.2, 0.25) is 0 Å². The number of aryl methyl sites for hydroxylation is 1. The van der Waals surface area contributed by atoms with Gasteiger partial charge in [0, 0.05) is 5.56 Å². The van der Waals surface area contributed by atoms with Gasteiger partial charge in [-0.25, -0.2) is 10.2 Å². The quantitative estimate of drug-likeness (QED) is 0.484. The molecule has 0 aliphatic heterocycles. The van der Waals surface area contributed by atoms with Gasteiger partial charge >= 0.3 is 0 Å². The zero-order chi connectivity index (χ0) is 13.1. The molecule has 2 rings (SSSR count). The Morgan fingerprint density at radius 2 is 1.78 bits per heavy atom. The summed E-state index contributed by atoms with van der Waals surface area (Å²) < 4.78 is 13.3. The van der Waals surface area contributed by atoms with E-state index >= 15 is 0 Å². The number of nitrogens with one attached hydrogen (secondary N) is 1. The predicted molar refractivity (Wildman–Crippen MR) is 68.2 cm³/mol. The molecule has 2 aromatic carbocycles. The number of amides is 1. The van der Waals surface area contributed by atoms with Crippen molar-refractivity contribution < 1.29 is 9.18 Å². The molecule has 0 spiro atoms. The molecule has 0 aliphatic carbocycles. The molecule has 0 radical (unpaired) electrons. The third-order valence-electron chi connectivity index (χ3n) is 2.65. The van der Waals surface area contributed by atoms with Crippen molar-refractivity contribution in [3.63, 3.8) is 0 Å². The van der Waals surface area contributed by atoms with Gasteiger partial charge in [0.1, 0.15) is 5.82 Å². The van der Waals surface area contributed by atoms with Crippen molar-refractivity contribution in [2.75, 3.05) is 0 Å². The molecule has 0 unspecified atom stereocenters. The van der Waals surface area contributed by atoms with Gasteiger partial charge in [-0.1, -0.05) is 18.2 Å². The molecule has 0 saturated carbocycles. The van der Waals surface area contributed by atoms with E-state index in [4.69, 9.17) is 5.84 Å². The van der Waals surface area contributed by atoms with E-state index in [0.717, 1.165) is 16.7 Å². The molecule has 0 bridgehead atoms. The summed E-state index contributed by atoms with van der Waals surface area (Å²) in [6.45, 7) is 1.84. The highest BCUT2D eigenvalue weighted by molar-refractivity contribution is 5.94. The normalized spacial score (nSPS) is 10.2. The summed E-state index contributed by atoms with van der Waals surface area (Å²) in [4.78, 5) is 11.3. The second-order valence-electron chi connectivity index (χ2n) is 4.07. The number of halogens is 1. The molecule has 0 heterocycles. The molecule has 92 valence electrons. The lowest BCUT2D eigenvalue weighted by atomic mass is 10.0. The average Bonchev–Trinajstić information content (AvgIpc) is 2.37. The van der Waals surface area contributed by atoms with E-state index in [1.54, 1.807) is 24.3 Å². The summed E-state index contributed by atoms with van der Waals surface area (Å²) in [5, 5.41) is 0. The number of hydrazine groups is 1. The van der Waals surface area contributed by atoms with Crippen LogP contribution in [0.4, 0.5) is 4.39 Å². The highest BCUT2D eigenvalue weighted by atomic mass is 19.1. The van der Waals surface area contributed by atoms with Crippen LogP contribution in [0.5, 0.6) is 0 Å². The highest BCUT2D eigenvalue weighted by Gasteiger charge is 2.05. The Bertz CT molecular complexity index is 559. The summed E-state index contributed by atoms with van der Waals surface area (Å²) in [5.41, 5.74) is 5.02. The summed E-state index contributed by atoms with van der Waals surface area (Å²) in [6.07, 6.45) is 0. The molecule has 4 heteroatoms. The number of benzene rings is 2. The van der Waals surface area contributed by atoms with E-state index in [2.05, 4.69) is 5.43 Å². The van der Waals surface area contributed by atoms with Crippen LogP contribution in [0, 0.1) is 12.7 Å². The lowest BCUT2D eigenvalue weighted by Crippen LogP contribution is -2.29. The van der Waals surface area contributed by atoms with Gasteiger partial charge in [0.2, 0.25) is 0 Å². The van der Waals surface area contributed by atoms with E-state index in [9.17, 15) is 9.18 Å². The lowest BCUT2D eigenvalue weighted by Gasteiger charge is -2.05. The second-order valence-corrected chi connectivity index (χ2v) is 4.07. The third-order valence-corrected chi connectivity index (χ3v) is 2.65. The number of hydrogen-bond acceptors (Lipinski definition) is 2. The monoisotopic (exact) mass is 244 g/mol. The Morgan fingerprint density at radius 1 is 1.11 bits per heavy atom. The minimum absolute atomic E-state index is 0.270. The molecule has 0 aromatic heterocycles. The van der Waals surface area contributed by atoms with Crippen molar-refractivity contribution >= 4 is 5.91 Å². The maximum Gasteiger partial charge on any atom is 0.265 e. The Balaban J connectivity index is 2.37. The van der Waals surface area contributed by atoms with Gasteiger partial charge in [-0.15, -0.1) is 0 Å². The number of nitrogens with two attached hydrogens (primary N) is 1. The zero-order valence-electron chi connectivity index (χ0n) is 9.91. The fourth-order valence-electron chi connectivity index (χ4n) is 1.80. The summed E-state index contributed by atoms with van der Waals surface area (Å²) in [6, 6.07) is 11.7. The standard InChI is InChI=1S/C14H13FN2O/c1-9-6-12(8-13(15)7-9)10-2-4-11(5-3-10)14(18)17-16/h2-8H,16H2,1H3,(H,17,18). The molecule has 2 aromatic rings. The summed E-state index contributed by atoms with van der Waals surface area (Å²) in [7, 11) is 0. The van der Waals surface area contributed by atoms with Gasteiger partial charge in [-0.3, -0.25) is 10.2 Å². The Hall–Kier alpha value is -2.20. The van der Waals surface area contributed by atoms with Crippen LogP contribution in [-0.4, -0.2) is 5.91 Å². The molecule has 18 heavy (non-hydrogen) atoms. The van der Waals surface area contributed by atoms with Gasteiger partial charge in [-0.2, -0.15) is 0 Å². The van der Waals surface area contributed by atoms with Crippen LogP contribution in [0.1, 0.15) is 15.9 Å². The Morgan fingerprint density at radius 3 is 2.33 bits per heavy atom. The van der Waals surface area contributed by atoms with E-state index in [-0.39, 0.29) is 11.7 Å². The molecule has 1 amide bonds. The van der Waals surface area contributed by atoms with Crippen molar-refractivity contribution in [3.8, 4) is 11.1 Å². The molecular weight excluding hydrogens is 231 g/mol. The van der Waals surface area contributed by atoms with Gasteiger partial charge in [-0.05, 0) is 47.9 Å². The molecule has 0 fully saturated rings. The molecule has 0 saturated heterocycles. The van der Waals surface area contributed by atoms with Gasteiger partial charge in [0.05, 0.1) is 0 Å². The first kappa shape index (κ1) is 12.3. The predicted octanol–water partition coefficient (Wildman–Crippen LogP) is 2.40. The number of nitrogen functional groups attached to an aromatic ring is 1. The van der Waals surface area contributed by atoms with Crippen LogP contribution in [0.25, 0.3) is 11.1 Å². The van der Waals surface area contributed by atoms with E-state index in [1.807, 2.05) is 13.0 Å². The van der Waals surface area contributed by atoms with Gasteiger partial charge in [0.25, 0.3) is 5.91 Å². The zero-order valence-corrected chi connectivity index (χ0v) is 9.91. The molecule has 3 nitrogen and oxygen atoms in total. The van der Waals surface area contributed by atoms with E-state index in [0.29, 0.717) is 5.56 Å². The first-order valence-electron chi connectivity index (χ1n) is 5.49. The number of rotatable bonds is 2. The number of carbonyl (C=O) groups excluding carboxylic acids is 1. The maximum absolute atomic E-state index is 13.3. The fourth-order valence-corrected chi connectivity index (χ4v) is 1.80. The number of hydrogen-bond donors (Lipinski definition) is 2. The van der Waals surface area contributed by atoms with Crippen LogP contribution in [-0.2, 0) is 0 Å². The molecule has 0 atom stereocenters. The largest absolute Gasteiger partial charge is 0.290 e. The average molecular weight is 244 g/mol. The van der Waals surface area contributed by atoms with Crippen molar-refractivity contribution in [1.82, 2.24) is 5.43 Å². The molecular formula is C14H13FN2O. The van der Waals surface area contributed by atoms with Gasteiger partial charge < -0.3 is 0 Å². The van der Waals surface area contributed by atoms with Crippen molar-refractivity contribution in [2.24, 2.45) is 5.84 Å². The van der Waals surface area contributed by atoms with E-state index < -0.39 is 0 Å². The minimum Gasteiger partial charge on any atom is -0.290 e. The summed E-state index contributed by atoms with van der Waals surface area (Å²) >= 11 is 0. The topological polar surface area (TPSA) is 55.1 Å². The SMILES string of the molecule is Cc1cc(F)cc(-c2ccc(C(=O)NN)cc2)c1. The highest BCUT2D eigenvalue weighted by Crippen LogP contribution is 2.22. The van der Waals surface area contributed by atoms with Gasteiger partial charge in [0.15, 0.2) is 0 Å². The number of carbonyl (C=O) groups is 1.